The van der Waals surface area contributed by atoms with Gasteiger partial charge in [0.25, 0.3) is 0 Å². The van der Waals surface area contributed by atoms with Gasteiger partial charge in [-0.3, -0.25) is 19.8 Å². The Morgan fingerprint density at radius 2 is 1.90 bits per heavy atom. The molecule has 118 valence electrons. The first-order valence-electron chi connectivity index (χ1n) is 6.69. The molecule has 1 aromatic heterocycles. The van der Waals surface area contributed by atoms with Crippen molar-refractivity contribution in [2.75, 3.05) is 18.4 Å². The van der Waals surface area contributed by atoms with Crippen LogP contribution in [0.4, 0.5) is 6.01 Å². The fraction of sp³-hybridized carbons (Fsp3) is 0.692. The smallest absolute Gasteiger partial charge is 0.322 e. The molecule has 1 amide bonds. The summed E-state index contributed by atoms with van der Waals surface area (Å²) < 4.78 is 5.27. The first-order chi connectivity index (χ1) is 9.59. The number of hydrogen-bond acceptors (Lipinski definition) is 6. The molecule has 0 saturated carbocycles. The van der Waals surface area contributed by atoms with Crippen molar-refractivity contribution in [2.24, 2.45) is 0 Å². The van der Waals surface area contributed by atoms with Crippen molar-refractivity contribution in [1.82, 2.24) is 15.1 Å². The third-order valence-corrected chi connectivity index (χ3v) is 2.79. The van der Waals surface area contributed by atoms with Gasteiger partial charge in [0.1, 0.15) is 0 Å². The molecule has 0 radical (unpaired) electrons. The van der Waals surface area contributed by atoms with Gasteiger partial charge in [0.05, 0.1) is 13.1 Å². The number of carbonyl (C=O) groups is 2. The van der Waals surface area contributed by atoms with E-state index in [2.05, 4.69) is 15.5 Å². The van der Waals surface area contributed by atoms with Gasteiger partial charge in [-0.1, -0.05) is 18.9 Å². The van der Waals surface area contributed by atoms with Crippen LogP contribution < -0.4 is 5.32 Å². The lowest BCUT2D eigenvalue weighted by molar-refractivity contribution is -0.140. The first-order valence-corrected chi connectivity index (χ1v) is 6.69. The second-order valence-electron chi connectivity index (χ2n) is 6.07. The van der Waals surface area contributed by atoms with Crippen molar-refractivity contribution in [2.45, 2.75) is 46.1 Å². The molecule has 0 saturated heterocycles. The van der Waals surface area contributed by atoms with E-state index in [0.29, 0.717) is 5.89 Å². The van der Waals surface area contributed by atoms with Crippen molar-refractivity contribution in [1.29, 1.82) is 0 Å². The van der Waals surface area contributed by atoms with E-state index < -0.39 is 17.4 Å². The Hall–Kier alpha value is -1.96. The Bertz CT molecular complexity index is 505. The zero-order chi connectivity index (χ0) is 16.2. The van der Waals surface area contributed by atoms with Gasteiger partial charge in [-0.25, -0.2) is 0 Å². The maximum Gasteiger partial charge on any atom is 0.322 e. The standard InChI is InChI=1S/C13H22N4O4/c1-8(2)11-15-16-12(21-11)14-9(18)6-17(7-10(19)20)13(3,4)5/h8H,6-7H2,1-5H3,(H,19,20)(H,14,16,18). The van der Waals surface area contributed by atoms with Crippen LogP contribution in [0, 0.1) is 0 Å². The predicted molar refractivity (Wildman–Crippen MR) is 76.0 cm³/mol. The maximum atomic E-state index is 12.0. The van der Waals surface area contributed by atoms with Crippen molar-refractivity contribution in [3.8, 4) is 0 Å². The van der Waals surface area contributed by atoms with E-state index in [0.717, 1.165) is 0 Å². The zero-order valence-electron chi connectivity index (χ0n) is 13.0. The summed E-state index contributed by atoms with van der Waals surface area (Å²) in [7, 11) is 0. The normalized spacial score (nSPS) is 12.0. The summed E-state index contributed by atoms with van der Waals surface area (Å²) in [6.07, 6.45) is 0. The molecule has 2 N–H and O–H groups in total. The van der Waals surface area contributed by atoms with Crippen LogP contribution in [0.25, 0.3) is 0 Å². The monoisotopic (exact) mass is 298 g/mol. The molecule has 0 aliphatic heterocycles. The van der Waals surface area contributed by atoms with Crippen molar-refractivity contribution >= 4 is 17.9 Å². The lowest BCUT2D eigenvalue weighted by atomic mass is 10.1. The topological polar surface area (TPSA) is 109 Å². The Morgan fingerprint density at radius 3 is 2.33 bits per heavy atom. The minimum atomic E-state index is -0.988. The number of anilines is 1. The molecule has 0 unspecified atom stereocenters. The molecular formula is C13H22N4O4. The number of rotatable bonds is 6. The van der Waals surface area contributed by atoms with E-state index in [4.69, 9.17) is 9.52 Å². The van der Waals surface area contributed by atoms with E-state index in [1.54, 1.807) is 4.90 Å². The van der Waals surface area contributed by atoms with Gasteiger partial charge in [-0.05, 0) is 20.8 Å². The number of aliphatic carboxylic acids is 1. The molecule has 1 heterocycles. The van der Waals surface area contributed by atoms with Gasteiger partial charge in [-0.15, -0.1) is 5.10 Å². The molecule has 0 bridgehead atoms. The average Bonchev–Trinajstić information content (AvgIpc) is 2.74. The first kappa shape index (κ1) is 17.1. The van der Waals surface area contributed by atoms with Crippen LogP contribution in [0.3, 0.4) is 0 Å². The number of carboxylic acids is 1. The van der Waals surface area contributed by atoms with E-state index in [-0.39, 0.29) is 25.0 Å². The van der Waals surface area contributed by atoms with Crippen LogP contribution in [0.15, 0.2) is 4.42 Å². The number of carbonyl (C=O) groups excluding carboxylic acids is 1. The Morgan fingerprint density at radius 1 is 1.29 bits per heavy atom. The molecule has 1 aromatic rings. The summed E-state index contributed by atoms with van der Waals surface area (Å²) in [5.74, 6) is -0.882. The van der Waals surface area contributed by atoms with Crippen LogP contribution in [0.1, 0.15) is 46.4 Å². The number of nitrogens with zero attached hydrogens (tertiary/aromatic N) is 3. The quantitative estimate of drug-likeness (QED) is 0.815. The predicted octanol–water partition coefficient (Wildman–Crippen LogP) is 1.32. The maximum absolute atomic E-state index is 12.0. The molecule has 8 nitrogen and oxygen atoms in total. The minimum absolute atomic E-state index is 0.0212. The zero-order valence-corrected chi connectivity index (χ0v) is 13.0. The lowest BCUT2D eigenvalue weighted by Crippen LogP contribution is -2.48. The number of amides is 1. The third kappa shape index (κ3) is 5.50. The molecule has 0 spiro atoms. The highest BCUT2D eigenvalue weighted by atomic mass is 16.4. The largest absolute Gasteiger partial charge is 0.480 e. The van der Waals surface area contributed by atoms with Gasteiger partial charge in [0, 0.05) is 11.5 Å². The van der Waals surface area contributed by atoms with Crippen molar-refractivity contribution < 1.29 is 19.1 Å². The second kappa shape index (κ2) is 6.66. The number of carboxylic acid groups (broad SMARTS) is 1. The van der Waals surface area contributed by atoms with Gasteiger partial charge in [0.2, 0.25) is 11.8 Å². The summed E-state index contributed by atoms with van der Waals surface area (Å²) >= 11 is 0. The second-order valence-corrected chi connectivity index (χ2v) is 6.07. The van der Waals surface area contributed by atoms with Crippen molar-refractivity contribution in [3.05, 3.63) is 5.89 Å². The molecule has 0 aromatic carbocycles. The average molecular weight is 298 g/mol. The molecule has 8 heteroatoms. The van der Waals surface area contributed by atoms with Gasteiger partial charge >= 0.3 is 12.0 Å². The minimum Gasteiger partial charge on any atom is -0.480 e. The Kier molecular flexibility index (Phi) is 5.42. The van der Waals surface area contributed by atoms with Crippen LogP contribution in [-0.4, -0.2) is 50.7 Å². The van der Waals surface area contributed by atoms with Crippen LogP contribution in [0.2, 0.25) is 0 Å². The summed E-state index contributed by atoms with van der Waals surface area (Å²) in [5.41, 5.74) is -0.451. The number of nitrogens with one attached hydrogen (secondary N) is 1. The molecule has 0 aliphatic carbocycles. The molecule has 1 rings (SSSR count). The van der Waals surface area contributed by atoms with Gasteiger partial charge in [-0.2, -0.15) is 0 Å². The molecule has 0 fully saturated rings. The SMILES string of the molecule is CC(C)c1nnc(NC(=O)CN(CC(=O)O)C(C)(C)C)o1. The van der Waals surface area contributed by atoms with Gasteiger partial charge in [0.15, 0.2) is 0 Å². The van der Waals surface area contributed by atoms with E-state index in [1.807, 2.05) is 34.6 Å². The molecular weight excluding hydrogens is 276 g/mol. The summed E-state index contributed by atoms with van der Waals surface area (Å²) in [6, 6.07) is 0.0212. The van der Waals surface area contributed by atoms with E-state index in [9.17, 15) is 9.59 Å². The van der Waals surface area contributed by atoms with Crippen LogP contribution >= 0.6 is 0 Å². The van der Waals surface area contributed by atoms with Crippen LogP contribution in [0.5, 0.6) is 0 Å². The summed E-state index contributed by atoms with van der Waals surface area (Å²) in [4.78, 5) is 24.4. The highest BCUT2D eigenvalue weighted by Gasteiger charge is 2.26. The third-order valence-electron chi connectivity index (χ3n) is 2.79. The van der Waals surface area contributed by atoms with E-state index in [1.165, 1.54) is 0 Å². The highest BCUT2D eigenvalue weighted by molar-refractivity contribution is 5.90. The van der Waals surface area contributed by atoms with E-state index >= 15 is 0 Å². The van der Waals surface area contributed by atoms with Crippen molar-refractivity contribution in [3.63, 3.8) is 0 Å². The summed E-state index contributed by atoms with van der Waals surface area (Å²) in [5, 5.41) is 18.9. The lowest BCUT2D eigenvalue weighted by Gasteiger charge is -2.33. The number of aromatic nitrogens is 2. The molecule has 0 aliphatic rings. The molecule has 0 atom stereocenters. The summed E-state index contributed by atoms with van der Waals surface area (Å²) in [6.45, 7) is 9.01. The fourth-order valence-electron chi connectivity index (χ4n) is 1.54. The van der Waals surface area contributed by atoms with Gasteiger partial charge < -0.3 is 9.52 Å². The molecule has 21 heavy (non-hydrogen) atoms. The Labute approximate surface area is 123 Å². The fourth-order valence-corrected chi connectivity index (χ4v) is 1.54. The van der Waals surface area contributed by atoms with Crippen LogP contribution in [-0.2, 0) is 9.59 Å². The number of hydrogen-bond donors (Lipinski definition) is 2. The Balaban J connectivity index is 2.67. The highest BCUT2D eigenvalue weighted by Crippen LogP contribution is 2.16.